The maximum atomic E-state index is 15.1. The lowest BCUT2D eigenvalue weighted by molar-refractivity contribution is -0.158. The van der Waals surface area contributed by atoms with Crippen molar-refractivity contribution in [3.05, 3.63) is 47.6 Å². The quantitative estimate of drug-likeness (QED) is 0.464. The highest BCUT2D eigenvalue weighted by Gasteiger charge is 2.48. The highest BCUT2D eigenvalue weighted by Crippen LogP contribution is 2.41. The summed E-state index contributed by atoms with van der Waals surface area (Å²) in [5.74, 6) is -3.57. The molecule has 0 saturated heterocycles. The molecule has 5 nitrogen and oxygen atoms in total. The first-order valence-corrected chi connectivity index (χ1v) is 9.76. The van der Waals surface area contributed by atoms with Crippen LogP contribution in [0.15, 0.2) is 42.0 Å². The first kappa shape index (κ1) is 24.9. The van der Waals surface area contributed by atoms with Crippen LogP contribution in [0.25, 0.3) is 5.57 Å². The fourth-order valence-electron chi connectivity index (χ4n) is 3.51. The van der Waals surface area contributed by atoms with Crippen molar-refractivity contribution in [2.75, 3.05) is 14.2 Å². The van der Waals surface area contributed by atoms with E-state index in [0.717, 1.165) is 19.3 Å². The van der Waals surface area contributed by atoms with Crippen molar-refractivity contribution in [2.45, 2.75) is 50.8 Å². The monoisotopic (exact) mass is 445 g/mol. The second kappa shape index (κ2) is 9.82. The predicted molar refractivity (Wildman–Crippen MR) is 108 cm³/mol. The average molecular weight is 445 g/mol. The Kier molecular flexibility index (Phi) is 7.88. The fourth-order valence-corrected chi connectivity index (χ4v) is 3.51. The molecule has 2 N–H and O–H groups in total. The number of hydrogen-bond donors (Lipinski definition) is 2. The second-order valence-corrected chi connectivity index (χ2v) is 7.84. The molecule has 1 aromatic carbocycles. The van der Waals surface area contributed by atoms with E-state index in [9.17, 15) is 23.1 Å². The van der Waals surface area contributed by atoms with E-state index >= 15 is 4.39 Å². The molecule has 2 rings (SSSR count). The number of rotatable bonds is 8. The van der Waals surface area contributed by atoms with Gasteiger partial charge in [-0.1, -0.05) is 38.1 Å². The summed E-state index contributed by atoms with van der Waals surface area (Å²) in [6.45, 7) is 3.51. The largest absolute Gasteiger partial charge is 0.497 e. The predicted octanol–water partition coefficient (Wildman–Crippen LogP) is 4.18. The first-order chi connectivity index (χ1) is 14.4. The van der Waals surface area contributed by atoms with Crippen molar-refractivity contribution in [3.8, 4) is 5.75 Å². The standard InChI is InChI=1S/C22H27F4NO4/c1-13(2)10-18(20(28)31-4)27-19(22(24,25)26)15-8-9-17(21(23,29)12-15)14-6-5-7-16(11-14)30-3/h5-9,11,13,18-19,27,29H,10,12H2,1-4H3. The summed E-state index contributed by atoms with van der Waals surface area (Å²) in [6, 6.07) is 2.63. The SMILES string of the molecule is COC(=O)C(CC(C)C)NC(C1=CC=C(c2cccc(OC)c2)C(O)(F)C1)C(F)(F)F. The van der Waals surface area contributed by atoms with Crippen LogP contribution in [0.5, 0.6) is 5.75 Å². The Bertz CT molecular complexity index is 846. The summed E-state index contributed by atoms with van der Waals surface area (Å²) in [5.41, 5.74) is -0.326. The highest BCUT2D eigenvalue weighted by molar-refractivity contribution is 5.76. The number of hydrogen-bond acceptors (Lipinski definition) is 5. The van der Waals surface area contributed by atoms with Crippen LogP contribution < -0.4 is 10.1 Å². The molecule has 1 aliphatic rings. The lowest BCUT2D eigenvalue weighted by atomic mass is 9.85. The van der Waals surface area contributed by atoms with Crippen molar-refractivity contribution < 1.29 is 36.9 Å². The molecular formula is C22H27F4NO4. The van der Waals surface area contributed by atoms with Crippen molar-refractivity contribution in [3.63, 3.8) is 0 Å². The summed E-state index contributed by atoms with van der Waals surface area (Å²) in [6.07, 6.45) is -3.41. The van der Waals surface area contributed by atoms with Gasteiger partial charge in [0.05, 0.1) is 14.2 Å². The average Bonchev–Trinajstić information content (AvgIpc) is 2.68. The van der Waals surface area contributed by atoms with Crippen LogP contribution in [-0.2, 0) is 9.53 Å². The number of carbonyl (C=O) groups is 1. The molecule has 0 bridgehead atoms. The van der Waals surface area contributed by atoms with Crippen molar-refractivity contribution in [1.82, 2.24) is 5.32 Å². The minimum atomic E-state index is -4.83. The number of esters is 1. The number of carbonyl (C=O) groups excluding carboxylic acids is 1. The van der Waals surface area contributed by atoms with Gasteiger partial charge in [0.15, 0.2) is 0 Å². The molecule has 0 saturated carbocycles. The third-order valence-electron chi connectivity index (χ3n) is 4.95. The molecule has 3 atom stereocenters. The van der Waals surface area contributed by atoms with Gasteiger partial charge < -0.3 is 14.6 Å². The van der Waals surface area contributed by atoms with Crippen LogP contribution >= 0.6 is 0 Å². The molecule has 3 unspecified atom stereocenters. The lowest BCUT2D eigenvalue weighted by Gasteiger charge is -2.34. The lowest BCUT2D eigenvalue weighted by Crippen LogP contribution is -2.53. The number of nitrogens with one attached hydrogen (secondary N) is 1. The molecule has 0 spiro atoms. The molecule has 0 heterocycles. The van der Waals surface area contributed by atoms with E-state index in [1.54, 1.807) is 26.0 Å². The summed E-state index contributed by atoms with van der Waals surface area (Å²) < 4.78 is 66.4. The molecule has 1 aliphatic carbocycles. The second-order valence-electron chi connectivity index (χ2n) is 7.84. The fraction of sp³-hybridized carbons (Fsp3) is 0.500. The van der Waals surface area contributed by atoms with Gasteiger partial charge in [-0.3, -0.25) is 10.1 Å². The maximum Gasteiger partial charge on any atom is 0.407 e. The molecular weight excluding hydrogens is 418 g/mol. The smallest absolute Gasteiger partial charge is 0.407 e. The zero-order chi connectivity index (χ0) is 23.4. The molecule has 0 aromatic heterocycles. The van der Waals surface area contributed by atoms with Crippen molar-refractivity contribution in [1.29, 1.82) is 0 Å². The van der Waals surface area contributed by atoms with E-state index in [1.807, 2.05) is 0 Å². The van der Waals surface area contributed by atoms with Gasteiger partial charge in [-0.05, 0) is 35.6 Å². The third-order valence-corrected chi connectivity index (χ3v) is 4.95. The Labute approximate surface area is 178 Å². The summed E-state index contributed by atoms with van der Waals surface area (Å²) in [4.78, 5) is 12.0. The number of methoxy groups -OCH3 is 2. The molecule has 1 aromatic rings. The molecule has 172 valence electrons. The van der Waals surface area contributed by atoms with Gasteiger partial charge >= 0.3 is 12.1 Å². The highest BCUT2D eigenvalue weighted by atomic mass is 19.4. The van der Waals surface area contributed by atoms with E-state index in [-0.39, 0.29) is 23.5 Å². The topological polar surface area (TPSA) is 67.8 Å². The van der Waals surface area contributed by atoms with Gasteiger partial charge in [0.2, 0.25) is 5.85 Å². The zero-order valence-electron chi connectivity index (χ0n) is 17.8. The van der Waals surface area contributed by atoms with Crippen LogP contribution in [-0.4, -0.2) is 49.4 Å². The molecule has 0 aliphatic heterocycles. The zero-order valence-corrected chi connectivity index (χ0v) is 17.8. The van der Waals surface area contributed by atoms with Crippen LogP contribution in [0.2, 0.25) is 0 Å². The van der Waals surface area contributed by atoms with E-state index in [2.05, 4.69) is 10.1 Å². The molecule has 0 radical (unpaired) electrons. The van der Waals surface area contributed by atoms with Gasteiger partial charge in [-0.15, -0.1) is 0 Å². The van der Waals surface area contributed by atoms with Gasteiger partial charge in [0.1, 0.15) is 17.8 Å². The molecule has 0 amide bonds. The summed E-state index contributed by atoms with van der Waals surface area (Å²) >= 11 is 0. The first-order valence-electron chi connectivity index (χ1n) is 9.76. The Morgan fingerprint density at radius 1 is 1.26 bits per heavy atom. The number of benzene rings is 1. The number of ether oxygens (including phenoxy) is 2. The Balaban J connectivity index is 2.42. The minimum Gasteiger partial charge on any atom is -0.497 e. The Morgan fingerprint density at radius 3 is 2.45 bits per heavy atom. The summed E-state index contributed by atoms with van der Waals surface area (Å²) in [7, 11) is 2.51. The maximum absolute atomic E-state index is 15.1. The van der Waals surface area contributed by atoms with E-state index in [1.165, 1.54) is 19.2 Å². The Hall–Kier alpha value is -2.39. The number of halogens is 4. The number of aliphatic hydroxyl groups is 1. The molecule has 31 heavy (non-hydrogen) atoms. The van der Waals surface area contributed by atoms with Gasteiger partial charge in [0, 0.05) is 12.0 Å². The minimum absolute atomic E-state index is 0.0940. The van der Waals surface area contributed by atoms with Gasteiger partial charge in [-0.2, -0.15) is 13.2 Å². The summed E-state index contributed by atoms with van der Waals surface area (Å²) in [5, 5.41) is 12.6. The normalized spacial score (nSPS) is 21.2. The molecule has 0 fully saturated rings. The van der Waals surface area contributed by atoms with Crippen LogP contribution in [0.4, 0.5) is 17.6 Å². The van der Waals surface area contributed by atoms with Crippen molar-refractivity contribution in [2.24, 2.45) is 5.92 Å². The Morgan fingerprint density at radius 2 is 1.94 bits per heavy atom. The van der Waals surface area contributed by atoms with Crippen molar-refractivity contribution >= 4 is 11.5 Å². The number of alkyl halides is 4. The number of allylic oxidation sites excluding steroid dienone is 2. The third kappa shape index (κ3) is 6.30. The van der Waals surface area contributed by atoms with E-state index in [4.69, 9.17) is 4.74 Å². The van der Waals surface area contributed by atoms with Gasteiger partial charge in [0.25, 0.3) is 0 Å². The van der Waals surface area contributed by atoms with Crippen LogP contribution in [0.1, 0.15) is 32.3 Å². The van der Waals surface area contributed by atoms with E-state index < -0.39 is 42.1 Å². The molecule has 9 heteroatoms. The van der Waals surface area contributed by atoms with Gasteiger partial charge in [-0.25, -0.2) is 4.39 Å². The van der Waals surface area contributed by atoms with Crippen LogP contribution in [0, 0.1) is 5.92 Å². The van der Waals surface area contributed by atoms with E-state index in [0.29, 0.717) is 5.75 Å². The van der Waals surface area contributed by atoms with Crippen LogP contribution in [0.3, 0.4) is 0 Å².